The Morgan fingerprint density at radius 2 is 1.81 bits per heavy atom. The maximum Gasteiger partial charge on any atom is 0.433 e. The minimum Gasteiger partial charge on any atom is -0.394 e. The SMILES string of the molecule is CC(C)O.CC1CCCCOC1.CNC1CCC(C(=O)N2CCN(c3cccc(C(F)(F)F)n3)CC2)C1. The topological polar surface area (TPSA) is 77.9 Å². The molecular formula is C27H45F3N4O3. The zero-order valence-electron chi connectivity index (χ0n) is 22.8. The number of pyridine rings is 1. The largest absolute Gasteiger partial charge is 0.433 e. The number of nitrogens with one attached hydrogen (secondary N) is 1. The molecule has 1 aromatic heterocycles. The lowest BCUT2D eigenvalue weighted by Crippen LogP contribution is -2.50. The van der Waals surface area contributed by atoms with Gasteiger partial charge in [-0.15, -0.1) is 0 Å². The molecule has 3 fully saturated rings. The van der Waals surface area contributed by atoms with Gasteiger partial charge in [0.25, 0.3) is 0 Å². The maximum atomic E-state index is 12.8. The summed E-state index contributed by atoms with van der Waals surface area (Å²) in [6.07, 6.45) is 2.16. The van der Waals surface area contributed by atoms with E-state index in [2.05, 4.69) is 17.2 Å². The van der Waals surface area contributed by atoms with Crippen LogP contribution in [0.1, 0.15) is 65.0 Å². The number of piperazine rings is 1. The fourth-order valence-electron chi connectivity index (χ4n) is 4.70. The van der Waals surface area contributed by atoms with Crippen LogP contribution in [0.15, 0.2) is 18.2 Å². The fraction of sp³-hybridized carbons (Fsp3) is 0.778. The van der Waals surface area contributed by atoms with Gasteiger partial charge in [0.1, 0.15) is 11.5 Å². The van der Waals surface area contributed by atoms with Crippen molar-refractivity contribution in [1.82, 2.24) is 15.2 Å². The summed E-state index contributed by atoms with van der Waals surface area (Å²) in [5.41, 5.74) is -0.882. The monoisotopic (exact) mass is 530 g/mol. The van der Waals surface area contributed by atoms with Crippen molar-refractivity contribution in [3.63, 3.8) is 0 Å². The van der Waals surface area contributed by atoms with E-state index in [4.69, 9.17) is 9.84 Å². The zero-order valence-corrected chi connectivity index (χ0v) is 22.8. The van der Waals surface area contributed by atoms with E-state index < -0.39 is 11.9 Å². The summed E-state index contributed by atoms with van der Waals surface area (Å²) < 4.78 is 43.7. The van der Waals surface area contributed by atoms with Crippen LogP contribution < -0.4 is 10.2 Å². The number of ether oxygens (including phenoxy) is 1. The van der Waals surface area contributed by atoms with E-state index in [0.717, 1.165) is 44.5 Å². The van der Waals surface area contributed by atoms with E-state index in [9.17, 15) is 18.0 Å². The number of hydrogen-bond donors (Lipinski definition) is 2. The van der Waals surface area contributed by atoms with Gasteiger partial charge in [-0.05, 0) is 71.0 Å². The molecule has 3 unspecified atom stereocenters. The van der Waals surface area contributed by atoms with Crippen molar-refractivity contribution >= 4 is 11.7 Å². The molecule has 1 aromatic rings. The third kappa shape index (κ3) is 11.2. The number of amides is 1. The van der Waals surface area contributed by atoms with Crippen LogP contribution in [0, 0.1) is 11.8 Å². The van der Waals surface area contributed by atoms with Crippen LogP contribution >= 0.6 is 0 Å². The molecular weight excluding hydrogens is 485 g/mol. The highest BCUT2D eigenvalue weighted by Gasteiger charge is 2.35. The highest BCUT2D eigenvalue weighted by Crippen LogP contribution is 2.30. The minimum absolute atomic E-state index is 0.0654. The standard InChI is InChI=1S/C17H23F3N4O.C7H14O.C3H8O/c1-21-13-6-5-12(11-13)16(25)24-9-7-23(8-10-24)15-4-2-3-14(22-15)17(18,19)20;1-7-4-2-3-5-8-6-7;1-3(2)4/h2-4,12-13,21H,5-11H2,1H3;7H,2-6H2,1H3;3-4H,1-2H3. The van der Waals surface area contributed by atoms with Crippen LogP contribution in [0.25, 0.3) is 0 Å². The molecule has 0 spiro atoms. The van der Waals surface area contributed by atoms with Crippen molar-refractivity contribution in [1.29, 1.82) is 0 Å². The van der Waals surface area contributed by atoms with Gasteiger partial charge >= 0.3 is 6.18 Å². The smallest absolute Gasteiger partial charge is 0.394 e. The van der Waals surface area contributed by atoms with E-state index >= 15 is 0 Å². The Bertz CT molecular complexity index is 791. The highest BCUT2D eigenvalue weighted by molar-refractivity contribution is 5.79. The van der Waals surface area contributed by atoms with Crippen LogP contribution in [0.2, 0.25) is 0 Å². The Balaban J connectivity index is 0.000000331. The van der Waals surface area contributed by atoms with E-state index in [0.29, 0.717) is 38.0 Å². The molecule has 3 atom stereocenters. The van der Waals surface area contributed by atoms with E-state index in [-0.39, 0.29) is 17.9 Å². The van der Waals surface area contributed by atoms with Gasteiger partial charge in [0.2, 0.25) is 5.91 Å². The summed E-state index contributed by atoms with van der Waals surface area (Å²) >= 11 is 0. The Hall–Kier alpha value is -1.91. The third-order valence-electron chi connectivity index (χ3n) is 6.77. The number of nitrogens with zero attached hydrogens (tertiary/aromatic N) is 3. The Morgan fingerprint density at radius 1 is 1.14 bits per heavy atom. The molecule has 2 saturated heterocycles. The molecule has 1 saturated carbocycles. The Labute approximate surface area is 219 Å². The Morgan fingerprint density at radius 3 is 2.41 bits per heavy atom. The second-order valence-corrected chi connectivity index (χ2v) is 10.5. The summed E-state index contributed by atoms with van der Waals surface area (Å²) in [5, 5.41) is 11.3. The maximum absolute atomic E-state index is 12.8. The summed E-state index contributed by atoms with van der Waals surface area (Å²) in [4.78, 5) is 20.0. The molecule has 0 aromatic carbocycles. The van der Waals surface area contributed by atoms with Gasteiger partial charge in [-0.2, -0.15) is 13.2 Å². The summed E-state index contributed by atoms with van der Waals surface area (Å²) in [7, 11) is 1.92. The van der Waals surface area contributed by atoms with Crippen molar-refractivity contribution in [2.24, 2.45) is 11.8 Å². The molecule has 37 heavy (non-hydrogen) atoms. The first kappa shape index (κ1) is 31.3. The summed E-state index contributed by atoms with van der Waals surface area (Å²) in [5.74, 6) is 1.36. The molecule has 2 aliphatic heterocycles. The number of rotatable bonds is 3. The van der Waals surface area contributed by atoms with Gasteiger partial charge in [0, 0.05) is 57.5 Å². The van der Waals surface area contributed by atoms with Crippen molar-refractivity contribution in [3.05, 3.63) is 23.9 Å². The molecule has 3 heterocycles. The zero-order chi connectivity index (χ0) is 27.4. The van der Waals surface area contributed by atoms with Crippen molar-refractivity contribution in [2.45, 2.75) is 77.6 Å². The van der Waals surface area contributed by atoms with Gasteiger partial charge in [-0.25, -0.2) is 4.98 Å². The number of aliphatic hydroxyl groups excluding tert-OH is 1. The number of halogens is 3. The van der Waals surface area contributed by atoms with Crippen molar-refractivity contribution in [2.75, 3.05) is 51.3 Å². The van der Waals surface area contributed by atoms with Crippen LogP contribution in [0.3, 0.4) is 0 Å². The molecule has 4 rings (SSSR count). The molecule has 1 amide bonds. The fourth-order valence-corrected chi connectivity index (χ4v) is 4.70. The number of alkyl halides is 3. The van der Waals surface area contributed by atoms with Crippen LogP contribution in [-0.4, -0.2) is 79.5 Å². The summed E-state index contributed by atoms with van der Waals surface area (Å²) in [6.45, 7) is 9.73. The van der Waals surface area contributed by atoms with Gasteiger partial charge in [-0.3, -0.25) is 4.79 Å². The molecule has 212 valence electrons. The molecule has 2 N–H and O–H groups in total. The van der Waals surface area contributed by atoms with Gasteiger partial charge in [-0.1, -0.05) is 19.4 Å². The number of aromatic nitrogens is 1. The number of carbonyl (C=O) groups excluding carboxylic acids is 1. The van der Waals surface area contributed by atoms with Crippen molar-refractivity contribution in [3.8, 4) is 0 Å². The lowest BCUT2D eigenvalue weighted by Gasteiger charge is -2.36. The lowest BCUT2D eigenvalue weighted by molar-refractivity contribution is -0.141. The average Bonchev–Trinajstić information content (AvgIpc) is 3.22. The van der Waals surface area contributed by atoms with Crippen LogP contribution in [-0.2, 0) is 15.7 Å². The number of anilines is 1. The molecule has 0 radical (unpaired) electrons. The minimum atomic E-state index is -4.44. The molecule has 7 nitrogen and oxygen atoms in total. The average molecular weight is 531 g/mol. The number of aliphatic hydroxyl groups is 1. The number of hydrogen-bond acceptors (Lipinski definition) is 6. The lowest BCUT2D eigenvalue weighted by atomic mass is 10.1. The highest BCUT2D eigenvalue weighted by atomic mass is 19.4. The second kappa shape index (κ2) is 15.5. The quantitative estimate of drug-likeness (QED) is 0.605. The van der Waals surface area contributed by atoms with Gasteiger partial charge in [0.05, 0.1) is 0 Å². The van der Waals surface area contributed by atoms with E-state index in [1.165, 1.54) is 25.3 Å². The van der Waals surface area contributed by atoms with E-state index in [1.807, 2.05) is 16.8 Å². The van der Waals surface area contributed by atoms with Gasteiger partial charge in [0.15, 0.2) is 0 Å². The number of carbonyl (C=O) groups is 1. The first-order valence-electron chi connectivity index (χ1n) is 13.5. The predicted octanol–water partition coefficient (Wildman–Crippen LogP) is 4.35. The van der Waals surface area contributed by atoms with Crippen LogP contribution in [0.5, 0.6) is 0 Å². The second-order valence-electron chi connectivity index (χ2n) is 10.5. The molecule has 3 aliphatic rings. The molecule has 10 heteroatoms. The Kier molecular flexibility index (Phi) is 13.1. The van der Waals surface area contributed by atoms with E-state index in [1.54, 1.807) is 19.9 Å². The molecule has 0 bridgehead atoms. The third-order valence-corrected chi connectivity index (χ3v) is 6.77. The molecule has 1 aliphatic carbocycles. The normalized spacial score (nSPS) is 24.5. The predicted molar refractivity (Wildman–Crippen MR) is 139 cm³/mol. The van der Waals surface area contributed by atoms with Gasteiger partial charge < -0.3 is 25.0 Å². The van der Waals surface area contributed by atoms with Crippen molar-refractivity contribution < 1.29 is 27.8 Å². The summed E-state index contributed by atoms with van der Waals surface area (Å²) in [6, 6.07) is 4.34. The first-order chi connectivity index (χ1) is 17.5. The first-order valence-corrected chi connectivity index (χ1v) is 13.5. The van der Waals surface area contributed by atoms with Crippen LogP contribution in [0.4, 0.5) is 19.0 Å².